The van der Waals surface area contributed by atoms with Crippen molar-refractivity contribution >= 4 is 28.4 Å². The van der Waals surface area contributed by atoms with Gasteiger partial charge in [-0.25, -0.2) is 9.97 Å². The summed E-state index contributed by atoms with van der Waals surface area (Å²) >= 11 is 0. The van der Waals surface area contributed by atoms with Gasteiger partial charge in [-0.05, 0) is 30.7 Å². The molecule has 138 valence electrons. The van der Waals surface area contributed by atoms with E-state index in [4.69, 9.17) is 0 Å². The molecule has 0 atom stereocenters. The van der Waals surface area contributed by atoms with Crippen LogP contribution in [0, 0.1) is 6.92 Å². The molecule has 0 saturated carbocycles. The first-order valence-electron chi connectivity index (χ1n) is 8.97. The van der Waals surface area contributed by atoms with Gasteiger partial charge < -0.3 is 10.6 Å². The average molecular weight is 369 g/mol. The second kappa shape index (κ2) is 7.84. The molecular weight excluding hydrogens is 350 g/mol. The molecule has 4 aromatic rings. The highest BCUT2D eigenvalue weighted by Crippen LogP contribution is 2.23. The highest BCUT2D eigenvalue weighted by molar-refractivity contribution is 5.93. The molecule has 1 amide bonds. The topological polar surface area (TPSA) is 79.8 Å². The zero-order valence-corrected chi connectivity index (χ0v) is 15.4. The van der Waals surface area contributed by atoms with Crippen molar-refractivity contribution in [2.75, 3.05) is 5.32 Å². The van der Waals surface area contributed by atoms with E-state index in [-0.39, 0.29) is 5.91 Å². The number of para-hydroxylation sites is 1. The van der Waals surface area contributed by atoms with Gasteiger partial charge in [0, 0.05) is 23.8 Å². The number of aromatic nitrogens is 3. The summed E-state index contributed by atoms with van der Waals surface area (Å²) < 4.78 is 0. The largest absolute Gasteiger partial charge is 0.347 e. The molecule has 0 fully saturated rings. The minimum absolute atomic E-state index is 0.242. The standard InChI is InChI=1S/C22H19N5O/c1-15-13-19(21(28)24-14-16-7-3-2-4-8-16)27-22(25-15)26-18-11-5-9-17-10-6-12-23-20(17)18/h2-13H,14H2,1H3,(H,24,28)(H,25,26,27). The lowest BCUT2D eigenvalue weighted by Crippen LogP contribution is -2.24. The van der Waals surface area contributed by atoms with Crippen molar-refractivity contribution in [3.8, 4) is 0 Å². The monoisotopic (exact) mass is 369 g/mol. The van der Waals surface area contributed by atoms with Crippen LogP contribution < -0.4 is 10.6 Å². The molecule has 28 heavy (non-hydrogen) atoms. The fourth-order valence-electron chi connectivity index (χ4n) is 2.94. The van der Waals surface area contributed by atoms with Crippen LogP contribution in [0.1, 0.15) is 21.7 Å². The minimum atomic E-state index is -0.242. The Hall–Kier alpha value is -3.80. The number of nitrogens with zero attached hydrogens (tertiary/aromatic N) is 3. The van der Waals surface area contributed by atoms with E-state index in [0.29, 0.717) is 23.9 Å². The van der Waals surface area contributed by atoms with Gasteiger partial charge in [0.25, 0.3) is 5.91 Å². The van der Waals surface area contributed by atoms with E-state index in [1.165, 1.54) is 0 Å². The quantitative estimate of drug-likeness (QED) is 0.556. The molecule has 2 aromatic heterocycles. The first kappa shape index (κ1) is 17.6. The summed E-state index contributed by atoms with van der Waals surface area (Å²) in [7, 11) is 0. The Kier molecular flexibility index (Phi) is 4.93. The van der Waals surface area contributed by atoms with Crippen LogP contribution in [-0.4, -0.2) is 20.9 Å². The summed E-state index contributed by atoms with van der Waals surface area (Å²) in [6.07, 6.45) is 1.74. The maximum atomic E-state index is 12.5. The lowest BCUT2D eigenvalue weighted by Gasteiger charge is -2.10. The highest BCUT2D eigenvalue weighted by atomic mass is 16.1. The molecule has 4 rings (SSSR count). The zero-order chi connectivity index (χ0) is 19.3. The molecule has 0 spiro atoms. The Bertz CT molecular complexity index is 1120. The van der Waals surface area contributed by atoms with Crippen molar-refractivity contribution in [2.24, 2.45) is 0 Å². The second-order valence-electron chi connectivity index (χ2n) is 6.39. The lowest BCUT2D eigenvalue weighted by molar-refractivity contribution is 0.0945. The summed E-state index contributed by atoms with van der Waals surface area (Å²) in [6.45, 7) is 2.28. The zero-order valence-electron chi connectivity index (χ0n) is 15.4. The third kappa shape index (κ3) is 3.96. The lowest BCUT2D eigenvalue weighted by atomic mass is 10.2. The molecule has 0 unspecified atom stereocenters. The Morgan fingerprint density at radius 3 is 2.64 bits per heavy atom. The van der Waals surface area contributed by atoms with Gasteiger partial charge in [-0.3, -0.25) is 9.78 Å². The number of anilines is 2. The molecule has 0 radical (unpaired) electrons. The second-order valence-corrected chi connectivity index (χ2v) is 6.39. The van der Waals surface area contributed by atoms with Crippen LogP contribution in [0.4, 0.5) is 11.6 Å². The Labute approximate surface area is 162 Å². The summed E-state index contributed by atoms with van der Waals surface area (Å²) in [5.74, 6) is 0.122. The van der Waals surface area contributed by atoms with Crippen LogP contribution >= 0.6 is 0 Å². The molecule has 2 heterocycles. The molecule has 0 aliphatic heterocycles. The smallest absolute Gasteiger partial charge is 0.270 e. The van der Waals surface area contributed by atoms with Crippen molar-refractivity contribution in [2.45, 2.75) is 13.5 Å². The summed E-state index contributed by atoms with van der Waals surface area (Å²) in [6, 6.07) is 21.2. The number of nitrogens with one attached hydrogen (secondary N) is 2. The van der Waals surface area contributed by atoms with Crippen molar-refractivity contribution < 1.29 is 4.79 Å². The Balaban J connectivity index is 1.56. The van der Waals surface area contributed by atoms with Crippen molar-refractivity contribution in [3.05, 3.63) is 89.9 Å². The molecule has 2 N–H and O–H groups in total. The van der Waals surface area contributed by atoms with Crippen molar-refractivity contribution in [1.29, 1.82) is 0 Å². The van der Waals surface area contributed by atoms with E-state index in [2.05, 4.69) is 25.6 Å². The van der Waals surface area contributed by atoms with Crippen LogP contribution in [0.3, 0.4) is 0 Å². The SMILES string of the molecule is Cc1cc(C(=O)NCc2ccccc2)nc(Nc2cccc3cccnc23)n1. The summed E-state index contributed by atoms with van der Waals surface area (Å²) in [4.78, 5) is 25.8. The van der Waals surface area contributed by atoms with Crippen molar-refractivity contribution in [3.63, 3.8) is 0 Å². The van der Waals surface area contributed by atoms with E-state index < -0.39 is 0 Å². The van der Waals surface area contributed by atoms with Crippen LogP contribution in [0.2, 0.25) is 0 Å². The fraction of sp³-hybridized carbons (Fsp3) is 0.0909. The molecule has 0 aliphatic carbocycles. The van der Waals surface area contributed by atoms with E-state index in [1.807, 2.05) is 67.6 Å². The van der Waals surface area contributed by atoms with Crippen LogP contribution in [-0.2, 0) is 6.54 Å². The van der Waals surface area contributed by atoms with Gasteiger partial charge in [-0.15, -0.1) is 0 Å². The van der Waals surface area contributed by atoms with E-state index >= 15 is 0 Å². The van der Waals surface area contributed by atoms with Gasteiger partial charge in [-0.2, -0.15) is 0 Å². The van der Waals surface area contributed by atoms with Crippen LogP contribution in [0.15, 0.2) is 72.9 Å². The van der Waals surface area contributed by atoms with Gasteiger partial charge in [0.1, 0.15) is 5.69 Å². The average Bonchev–Trinajstić information content (AvgIpc) is 2.72. The first-order valence-corrected chi connectivity index (χ1v) is 8.97. The molecule has 6 nitrogen and oxygen atoms in total. The number of aryl methyl sites for hydroxylation is 1. The third-order valence-corrected chi connectivity index (χ3v) is 4.26. The minimum Gasteiger partial charge on any atom is -0.347 e. The van der Waals surface area contributed by atoms with Gasteiger partial charge in [0.05, 0.1) is 11.2 Å². The highest BCUT2D eigenvalue weighted by Gasteiger charge is 2.12. The number of rotatable bonds is 5. The molecule has 0 saturated heterocycles. The number of benzene rings is 2. The van der Waals surface area contributed by atoms with Gasteiger partial charge in [0.15, 0.2) is 0 Å². The normalized spacial score (nSPS) is 10.6. The molecule has 2 aromatic carbocycles. The number of carbonyl (C=O) groups excluding carboxylic acids is 1. The first-order chi connectivity index (χ1) is 13.7. The summed E-state index contributed by atoms with van der Waals surface area (Å²) in [5, 5.41) is 7.10. The third-order valence-electron chi connectivity index (χ3n) is 4.26. The number of amides is 1. The maximum Gasteiger partial charge on any atom is 0.270 e. The van der Waals surface area contributed by atoms with E-state index in [0.717, 1.165) is 22.2 Å². The molecular formula is C22H19N5O. The Morgan fingerprint density at radius 2 is 1.79 bits per heavy atom. The van der Waals surface area contributed by atoms with Gasteiger partial charge in [-0.1, -0.05) is 48.5 Å². The van der Waals surface area contributed by atoms with Gasteiger partial charge in [0.2, 0.25) is 5.95 Å². The number of hydrogen-bond acceptors (Lipinski definition) is 5. The number of pyridine rings is 1. The maximum absolute atomic E-state index is 12.5. The number of hydrogen-bond donors (Lipinski definition) is 2. The van der Waals surface area contributed by atoms with E-state index in [9.17, 15) is 4.79 Å². The van der Waals surface area contributed by atoms with Gasteiger partial charge >= 0.3 is 0 Å². The number of carbonyl (C=O) groups is 1. The molecule has 0 aliphatic rings. The molecule has 6 heteroatoms. The van der Waals surface area contributed by atoms with Crippen LogP contribution in [0.5, 0.6) is 0 Å². The Morgan fingerprint density at radius 1 is 0.964 bits per heavy atom. The van der Waals surface area contributed by atoms with Crippen LogP contribution in [0.25, 0.3) is 10.9 Å². The predicted molar refractivity (Wildman–Crippen MR) is 109 cm³/mol. The number of fused-ring (bicyclic) bond motifs is 1. The molecule has 0 bridgehead atoms. The fourth-order valence-corrected chi connectivity index (χ4v) is 2.94. The van der Waals surface area contributed by atoms with E-state index in [1.54, 1.807) is 12.3 Å². The predicted octanol–water partition coefficient (Wildman–Crippen LogP) is 4.01. The van der Waals surface area contributed by atoms with Crippen molar-refractivity contribution in [1.82, 2.24) is 20.3 Å². The summed E-state index contributed by atoms with van der Waals surface area (Å²) in [5.41, 5.74) is 3.67.